The van der Waals surface area contributed by atoms with Gasteiger partial charge in [-0.2, -0.15) is 5.10 Å². The third-order valence-electron chi connectivity index (χ3n) is 3.37. The summed E-state index contributed by atoms with van der Waals surface area (Å²) in [5, 5.41) is 9.60. The van der Waals surface area contributed by atoms with Gasteiger partial charge in [0.05, 0.1) is 17.0 Å². The lowest BCUT2D eigenvalue weighted by atomic mass is 10.2. The number of halogens is 1. The Hall–Kier alpha value is -3.19. The Morgan fingerprint density at radius 1 is 0.926 bits per heavy atom. The van der Waals surface area contributed by atoms with Gasteiger partial charge in [-0.05, 0) is 43.3 Å². The molecule has 0 fully saturated rings. The number of amides is 3. The Morgan fingerprint density at radius 3 is 2.11 bits per heavy atom. The molecule has 0 bridgehead atoms. The summed E-state index contributed by atoms with van der Waals surface area (Å²) in [4.78, 5) is 35.1. The van der Waals surface area contributed by atoms with Crippen molar-refractivity contribution in [3.63, 3.8) is 0 Å². The highest BCUT2D eigenvalue weighted by Crippen LogP contribution is 2.15. The summed E-state index contributed by atoms with van der Waals surface area (Å²) < 4.78 is 0. The zero-order valence-corrected chi connectivity index (χ0v) is 15.6. The average molecular weight is 387 g/mol. The summed E-state index contributed by atoms with van der Waals surface area (Å²) in [6.07, 6.45) is 0.0102. The first-order valence-electron chi connectivity index (χ1n) is 8.10. The van der Waals surface area contributed by atoms with Gasteiger partial charge in [0.2, 0.25) is 11.8 Å². The molecule has 2 aromatic carbocycles. The van der Waals surface area contributed by atoms with E-state index in [9.17, 15) is 14.4 Å². The monoisotopic (exact) mass is 386 g/mol. The minimum Gasteiger partial charge on any atom is -0.326 e. The molecule has 3 N–H and O–H groups in total. The van der Waals surface area contributed by atoms with E-state index in [1.165, 1.54) is 6.92 Å². The molecule has 0 aliphatic rings. The number of hydrazone groups is 1. The number of carbonyl (C=O) groups excluding carboxylic acids is 3. The molecule has 0 spiro atoms. The minimum atomic E-state index is -0.450. The van der Waals surface area contributed by atoms with Gasteiger partial charge in [-0.1, -0.05) is 23.7 Å². The van der Waals surface area contributed by atoms with Crippen LogP contribution in [0.5, 0.6) is 0 Å². The molecule has 0 aliphatic carbocycles. The first-order chi connectivity index (χ1) is 12.8. The van der Waals surface area contributed by atoms with E-state index in [0.717, 1.165) is 0 Å². The zero-order valence-electron chi connectivity index (χ0n) is 14.9. The number of anilines is 2. The van der Waals surface area contributed by atoms with E-state index in [1.54, 1.807) is 55.5 Å². The Balaban J connectivity index is 1.87. The first-order valence-corrected chi connectivity index (χ1v) is 8.48. The van der Waals surface area contributed by atoms with Crippen molar-refractivity contribution in [2.45, 2.75) is 20.3 Å². The minimum absolute atomic E-state index is 0.0102. The smallest absolute Gasteiger partial charge is 0.272 e. The summed E-state index contributed by atoms with van der Waals surface area (Å²) in [7, 11) is 0. The Bertz CT molecular complexity index is 879. The molecular weight excluding hydrogens is 368 g/mol. The lowest BCUT2D eigenvalue weighted by molar-refractivity contribution is -0.115. The highest BCUT2D eigenvalue weighted by molar-refractivity contribution is 6.33. The molecule has 2 rings (SSSR count). The zero-order chi connectivity index (χ0) is 19.8. The van der Waals surface area contributed by atoms with Crippen LogP contribution in [-0.4, -0.2) is 23.4 Å². The molecule has 0 saturated carbocycles. The Labute approximate surface area is 161 Å². The third kappa shape index (κ3) is 6.56. The van der Waals surface area contributed by atoms with Crippen molar-refractivity contribution in [1.82, 2.24) is 5.43 Å². The van der Waals surface area contributed by atoms with Crippen LogP contribution in [0.4, 0.5) is 11.4 Å². The van der Waals surface area contributed by atoms with Crippen molar-refractivity contribution >= 4 is 46.4 Å². The average Bonchev–Trinajstić information content (AvgIpc) is 2.61. The molecule has 140 valence electrons. The summed E-state index contributed by atoms with van der Waals surface area (Å²) in [6, 6.07) is 13.3. The molecule has 0 aliphatic heterocycles. The van der Waals surface area contributed by atoms with Crippen LogP contribution in [-0.2, 0) is 9.59 Å². The standard InChI is InChI=1S/C19H19ClN4O3/c1-12(23-24-19(27)16-5-3-4-6-17(16)20)11-18(26)22-15-9-7-14(8-10-15)21-13(2)25/h3-10H,11H2,1-2H3,(H,21,25)(H,22,26)(H,24,27)/b23-12+. The van der Waals surface area contributed by atoms with E-state index >= 15 is 0 Å². The van der Waals surface area contributed by atoms with E-state index in [2.05, 4.69) is 21.2 Å². The van der Waals surface area contributed by atoms with Crippen LogP contribution >= 0.6 is 11.6 Å². The number of benzene rings is 2. The van der Waals surface area contributed by atoms with Crippen LogP contribution in [0.2, 0.25) is 5.02 Å². The van der Waals surface area contributed by atoms with Crippen LogP contribution in [0, 0.1) is 0 Å². The van der Waals surface area contributed by atoms with Gasteiger partial charge in [0.25, 0.3) is 5.91 Å². The SMILES string of the molecule is CC(=O)Nc1ccc(NC(=O)C/C(C)=N/NC(=O)c2ccccc2Cl)cc1. The molecule has 2 aromatic rings. The highest BCUT2D eigenvalue weighted by atomic mass is 35.5. The van der Waals surface area contributed by atoms with Crippen molar-refractivity contribution in [3.05, 3.63) is 59.1 Å². The predicted molar refractivity (Wildman–Crippen MR) is 106 cm³/mol. The van der Waals surface area contributed by atoms with E-state index in [-0.39, 0.29) is 18.2 Å². The number of hydrogen-bond donors (Lipinski definition) is 3. The fourth-order valence-corrected chi connectivity index (χ4v) is 2.39. The normalized spacial score (nSPS) is 10.9. The molecule has 7 nitrogen and oxygen atoms in total. The maximum Gasteiger partial charge on any atom is 0.272 e. The second-order valence-corrected chi connectivity index (χ2v) is 6.16. The topological polar surface area (TPSA) is 99.7 Å². The van der Waals surface area contributed by atoms with E-state index in [0.29, 0.717) is 27.7 Å². The number of hydrogen-bond acceptors (Lipinski definition) is 4. The Morgan fingerprint density at radius 2 is 1.52 bits per heavy atom. The first kappa shape index (κ1) is 20.1. The molecule has 0 unspecified atom stereocenters. The van der Waals surface area contributed by atoms with Crippen LogP contribution in [0.15, 0.2) is 53.6 Å². The lowest BCUT2D eigenvalue weighted by Gasteiger charge is -2.07. The van der Waals surface area contributed by atoms with Crippen LogP contribution < -0.4 is 16.1 Å². The van der Waals surface area contributed by atoms with Gasteiger partial charge in [-0.15, -0.1) is 0 Å². The van der Waals surface area contributed by atoms with E-state index in [1.807, 2.05) is 0 Å². The van der Waals surface area contributed by atoms with Gasteiger partial charge < -0.3 is 10.6 Å². The quantitative estimate of drug-likeness (QED) is 0.523. The third-order valence-corrected chi connectivity index (χ3v) is 3.70. The van der Waals surface area contributed by atoms with Crippen LogP contribution in [0.3, 0.4) is 0 Å². The molecule has 0 radical (unpaired) electrons. The van der Waals surface area contributed by atoms with Gasteiger partial charge >= 0.3 is 0 Å². The number of rotatable bonds is 6. The maximum absolute atomic E-state index is 12.1. The van der Waals surface area contributed by atoms with Crippen molar-refractivity contribution in [1.29, 1.82) is 0 Å². The lowest BCUT2D eigenvalue weighted by Crippen LogP contribution is -2.21. The molecule has 0 saturated heterocycles. The summed E-state index contributed by atoms with van der Waals surface area (Å²) >= 11 is 5.95. The molecule has 27 heavy (non-hydrogen) atoms. The van der Waals surface area contributed by atoms with Crippen molar-refractivity contribution < 1.29 is 14.4 Å². The van der Waals surface area contributed by atoms with E-state index < -0.39 is 5.91 Å². The number of nitrogens with zero attached hydrogens (tertiary/aromatic N) is 1. The van der Waals surface area contributed by atoms with Crippen molar-refractivity contribution in [2.24, 2.45) is 5.10 Å². The van der Waals surface area contributed by atoms with Crippen molar-refractivity contribution in [2.75, 3.05) is 10.6 Å². The second kappa shape index (κ2) is 9.49. The van der Waals surface area contributed by atoms with Gasteiger partial charge in [0.1, 0.15) is 0 Å². The predicted octanol–water partition coefficient (Wildman–Crippen LogP) is 3.43. The largest absolute Gasteiger partial charge is 0.326 e. The molecular formula is C19H19ClN4O3. The van der Waals surface area contributed by atoms with Crippen LogP contribution in [0.1, 0.15) is 30.6 Å². The highest BCUT2D eigenvalue weighted by Gasteiger charge is 2.09. The number of carbonyl (C=O) groups is 3. The van der Waals surface area contributed by atoms with Gasteiger partial charge in [0.15, 0.2) is 0 Å². The summed E-state index contributed by atoms with van der Waals surface area (Å²) in [6.45, 7) is 3.05. The van der Waals surface area contributed by atoms with Crippen LogP contribution in [0.25, 0.3) is 0 Å². The molecule has 0 atom stereocenters. The van der Waals surface area contributed by atoms with Gasteiger partial charge in [0, 0.05) is 24.0 Å². The number of nitrogens with one attached hydrogen (secondary N) is 3. The summed E-state index contributed by atoms with van der Waals surface area (Å²) in [5.41, 5.74) is 4.34. The van der Waals surface area contributed by atoms with Gasteiger partial charge in [-0.3, -0.25) is 14.4 Å². The molecule has 0 heterocycles. The van der Waals surface area contributed by atoms with E-state index in [4.69, 9.17) is 11.6 Å². The van der Waals surface area contributed by atoms with Crippen molar-refractivity contribution in [3.8, 4) is 0 Å². The molecule has 0 aromatic heterocycles. The summed E-state index contributed by atoms with van der Waals surface area (Å²) in [5.74, 6) is -0.901. The fraction of sp³-hybridized carbons (Fsp3) is 0.158. The Kier molecular flexibility index (Phi) is 7.08. The molecule has 8 heteroatoms. The van der Waals surface area contributed by atoms with Gasteiger partial charge in [-0.25, -0.2) is 5.43 Å². The maximum atomic E-state index is 12.1. The second-order valence-electron chi connectivity index (χ2n) is 5.75. The molecule has 3 amide bonds. The fourth-order valence-electron chi connectivity index (χ4n) is 2.17.